The minimum absolute atomic E-state index is 0. The van der Waals surface area contributed by atoms with E-state index < -0.39 is 0 Å². The van der Waals surface area contributed by atoms with Crippen molar-refractivity contribution in [3.05, 3.63) is 248 Å². The molecule has 0 atom stereocenters. The molecule has 2 fully saturated rings. The van der Waals surface area contributed by atoms with Gasteiger partial charge in [0.25, 0.3) is 0 Å². The SMILES string of the molecule is C1CCOC1.C1CCOC1.CC(C)(C)c1ccc([O-])c(C(C)(C)C)c1.CC(C)(C)c1ccc([O-])c(C(C)(C)C)c1.CC(C)(C)c1ccc([O-])c(C(C)(C)C)c1.CC(C)(C)c1ccc([O-])c(C(C)(C)C)c1.CC(C)(C)c1ccc([O-])c(C(C)(C)C)c1.CC(C)(C)c1ccc([O-])c(C(C)(C)C)c1.Cc1ccccc1.Cc1ccccc1.[Nd+3].[Nd+3]. The van der Waals surface area contributed by atoms with Crippen LogP contribution < -0.4 is 30.6 Å². The normalized spacial score (nSPS) is 13.2. The summed E-state index contributed by atoms with van der Waals surface area (Å²) in [6.07, 6.45) is 5.11. The minimum atomic E-state index is -0.0711. The molecule has 638 valence electrons. The number of hydrogen-bond donors (Lipinski definition) is 0. The van der Waals surface area contributed by atoms with Crippen molar-refractivity contribution in [3.63, 3.8) is 0 Å². The van der Waals surface area contributed by atoms with Gasteiger partial charge in [0, 0.05) is 26.4 Å². The van der Waals surface area contributed by atoms with Crippen molar-refractivity contribution in [1.82, 2.24) is 0 Å². The molecule has 8 aromatic carbocycles. The summed E-state index contributed by atoms with van der Waals surface area (Å²) >= 11 is 0. The van der Waals surface area contributed by atoms with Gasteiger partial charge in [-0.15, -0.1) is 34.5 Å². The van der Waals surface area contributed by atoms with Crippen LogP contribution in [-0.2, 0) is 74.5 Å². The summed E-state index contributed by atoms with van der Waals surface area (Å²) in [6, 6.07) is 54.7. The van der Waals surface area contributed by atoms with Gasteiger partial charge in [-0.05, 0) is 138 Å². The van der Waals surface area contributed by atoms with Gasteiger partial charge in [-0.25, -0.2) is 0 Å². The van der Waals surface area contributed by atoms with Gasteiger partial charge >= 0.3 is 81.7 Å². The van der Waals surface area contributed by atoms with Gasteiger partial charge < -0.3 is 40.1 Å². The number of rotatable bonds is 0. The first-order valence-electron chi connectivity index (χ1n) is 41.6. The zero-order chi connectivity index (χ0) is 88.4. The Balaban J connectivity index is 0. The fourth-order valence-corrected chi connectivity index (χ4v) is 11.6. The van der Waals surface area contributed by atoms with Crippen molar-refractivity contribution in [3.8, 4) is 34.5 Å². The van der Waals surface area contributed by atoms with Crippen LogP contribution in [0.25, 0.3) is 0 Å². The number of aryl methyl sites for hydroxylation is 2. The predicted octanol–water partition coefficient (Wildman–Crippen LogP) is 25.7. The summed E-state index contributed by atoms with van der Waals surface area (Å²) < 4.78 is 9.89. The maximum Gasteiger partial charge on any atom is 3.00 e. The van der Waals surface area contributed by atoms with E-state index in [1.165, 1.54) is 70.2 Å². The molecular formula is C106H158Nd2O8. The molecule has 10 rings (SSSR count). The van der Waals surface area contributed by atoms with Gasteiger partial charge in [-0.1, -0.05) is 464 Å². The van der Waals surface area contributed by atoms with Crippen LogP contribution in [0.4, 0.5) is 0 Å². The Bertz CT molecular complexity index is 3460. The number of benzene rings is 8. The molecule has 0 aromatic heterocycles. The van der Waals surface area contributed by atoms with Crippen molar-refractivity contribution in [1.29, 1.82) is 0 Å². The molecule has 2 saturated heterocycles. The molecule has 2 aliphatic rings. The zero-order valence-electron chi connectivity index (χ0n) is 80.1. The molecule has 10 heteroatoms. The smallest absolute Gasteiger partial charge is 0.872 e. The van der Waals surface area contributed by atoms with E-state index in [1.807, 2.05) is 72.8 Å². The first-order valence-corrected chi connectivity index (χ1v) is 41.6. The second kappa shape index (κ2) is 48.1. The molecule has 0 amide bonds. The number of hydrogen-bond acceptors (Lipinski definition) is 8. The van der Waals surface area contributed by atoms with Gasteiger partial charge in [-0.3, -0.25) is 0 Å². The third-order valence-corrected chi connectivity index (χ3v) is 19.5. The van der Waals surface area contributed by atoms with Gasteiger partial charge in [0.1, 0.15) is 0 Å². The molecule has 0 saturated carbocycles. The summed E-state index contributed by atoms with van der Waals surface area (Å²) in [6.45, 7) is 84.6. The van der Waals surface area contributed by atoms with Crippen LogP contribution in [0.15, 0.2) is 170 Å². The molecule has 0 unspecified atom stereocenters. The largest absolute Gasteiger partial charge is 3.00 e. The molecule has 116 heavy (non-hydrogen) atoms. The summed E-state index contributed by atoms with van der Waals surface area (Å²) in [7, 11) is 0. The fourth-order valence-electron chi connectivity index (χ4n) is 11.6. The monoisotopic (exact) mass is 1840 g/mol. The zero-order valence-corrected chi connectivity index (χ0v) is 86.5. The second-order valence-corrected chi connectivity index (χ2v) is 43.2. The van der Waals surface area contributed by atoms with Crippen LogP contribution in [0.3, 0.4) is 0 Å². The van der Waals surface area contributed by atoms with Crippen molar-refractivity contribution < 1.29 is 122 Å². The van der Waals surface area contributed by atoms with E-state index in [0.717, 1.165) is 59.8 Å². The van der Waals surface area contributed by atoms with Crippen LogP contribution in [0.2, 0.25) is 0 Å². The Morgan fingerprint density at radius 1 is 0.190 bits per heavy atom. The van der Waals surface area contributed by atoms with E-state index >= 15 is 0 Å². The third-order valence-electron chi connectivity index (χ3n) is 19.5. The Morgan fingerprint density at radius 2 is 0.319 bits per heavy atom. The average molecular weight is 1850 g/mol. The first-order chi connectivity index (χ1) is 51.5. The third kappa shape index (κ3) is 43.6. The average Bonchev–Trinajstić information content (AvgIpc) is 0.984. The molecule has 8 nitrogen and oxygen atoms in total. The molecule has 0 N–H and O–H groups in total. The van der Waals surface area contributed by atoms with Gasteiger partial charge in [0.2, 0.25) is 0 Å². The van der Waals surface area contributed by atoms with Crippen LogP contribution in [-0.4, -0.2) is 26.4 Å². The van der Waals surface area contributed by atoms with Gasteiger partial charge in [-0.2, -0.15) is 0 Å². The Morgan fingerprint density at radius 3 is 0.397 bits per heavy atom. The molecule has 8 aromatic rings. The van der Waals surface area contributed by atoms with Gasteiger partial charge in [0.05, 0.1) is 0 Å². The maximum absolute atomic E-state index is 11.7. The van der Waals surface area contributed by atoms with E-state index in [9.17, 15) is 30.6 Å². The summed E-state index contributed by atoms with van der Waals surface area (Å²) in [5.41, 5.74) is 15.7. The van der Waals surface area contributed by atoms with Gasteiger partial charge in [0.15, 0.2) is 0 Å². The molecule has 0 aliphatic carbocycles. The summed E-state index contributed by atoms with van der Waals surface area (Å²) in [5.74, 6) is 0.892. The summed E-state index contributed by atoms with van der Waals surface area (Å²) in [4.78, 5) is 0. The van der Waals surface area contributed by atoms with Crippen LogP contribution in [0.1, 0.15) is 353 Å². The maximum atomic E-state index is 11.7. The predicted molar refractivity (Wildman–Crippen MR) is 482 cm³/mol. The molecule has 2 heterocycles. The van der Waals surface area contributed by atoms with E-state index in [4.69, 9.17) is 9.47 Å². The number of ether oxygens (including phenoxy) is 2. The Kier molecular flexibility index (Phi) is 47.0. The quantitative estimate of drug-likeness (QED) is 0.145. The Hall–Kier alpha value is -4.82. The van der Waals surface area contributed by atoms with E-state index in [1.54, 1.807) is 36.4 Å². The van der Waals surface area contributed by atoms with Crippen molar-refractivity contribution in [2.75, 3.05) is 26.4 Å². The first kappa shape index (κ1) is 113. The molecule has 2 aliphatic heterocycles. The van der Waals surface area contributed by atoms with E-state index in [-0.39, 0.29) is 181 Å². The standard InChI is InChI=1S/6C14H22O.2C7H8.2C4H8O.2Nd/c6*1-13(2,3)10-7-8-12(15)11(9-10)14(4,5)6;2*1-7-5-3-2-4-6-7;2*1-2-4-5-3-1;;/h6*7-9,15H,1-6H3;2*2-6H,1H3;2*1-4H2;;/q;;;;;;;;;;2*+3/p-6. The molecular weight excluding hydrogens is 1690 g/mol. The topological polar surface area (TPSA) is 157 Å². The van der Waals surface area contributed by atoms with E-state index in [0.29, 0.717) is 0 Å². The van der Waals surface area contributed by atoms with Crippen LogP contribution in [0.5, 0.6) is 34.5 Å². The van der Waals surface area contributed by atoms with Crippen molar-refractivity contribution >= 4 is 0 Å². The fraction of sp³-hybridized carbons (Fsp3) is 0.547. The van der Waals surface area contributed by atoms with Crippen LogP contribution >= 0.6 is 0 Å². The van der Waals surface area contributed by atoms with Crippen LogP contribution in [0, 0.1) is 95.5 Å². The van der Waals surface area contributed by atoms with E-state index in [2.05, 4.69) is 324 Å². The molecule has 2 radical (unpaired) electrons. The molecule has 0 bridgehead atoms. The second-order valence-electron chi connectivity index (χ2n) is 43.2. The Labute approximate surface area is 776 Å². The van der Waals surface area contributed by atoms with Crippen molar-refractivity contribution in [2.24, 2.45) is 0 Å². The minimum Gasteiger partial charge on any atom is -0.872 e. The van der Waals surface area contributed by atoms with Crippen molar-refractivity contribution in [2.45, 2.75) is 354 Å². The summed E-state index contributed by atoms with van der Waals surface area (Å²) in [5, 5.41) is 70.5. The molecule has 0 spiro atoms.